The van der Waals surface area contributed by atoms with E-state index in [2.05, 4.69) is 33.5 Å². The minimum absolute atomic E-state index is 0. The number of carbonyl (C=O) groups is 3. The first-order valence-electron chi connectivity index (χ1n) is 13.4. The van der Waals surface area contributed by atoms with Gasteiger partial charge in [0.05, 0.1) is 23.2 Å². The van der Waals surface area contributed by atoms with Crippen LogP contribution in [0.4, 0.5) is 21.0 Å². The third-order valence-electron chi connectivity index (χ3n) is 6.16. The number of fused-ring (bicyclic) bond motifs is 1. The number of benzene rings is 3. The SMILES string of the molecule is CCC[n+]1cc(Br)cc(C(=O)NCCOC(=O)N(CCOC(=O)Nc2cccc3ccccc23)c2cccc(Cl)c2)c1.[Cl-]. The molecular formula is C31H31BrCl2N4O5. The number of pyridine rings is 1. The van der Waals surface area contributed by atoms with E-state index in [1.54, 1.807) is 42.6 Å². The van der Waals surface area contributed by atoms with E-state index < -0.39 is 12.2 Å². The third-order valence-corrected chi connectivity index (χ3v) is 6.83. The Hall–Kier alpha value is -3.86. The summed E-state index contributed by atoms with van der Waals surface area (Å²) in [6, 6.07) is 21.7. The van der Waals surface area contributed by atoms with Crippen molar-refractivity contribution in [3.63, 3.8) is 0 Å². The Morgan fingerprint density at radius 2 is 1.72 bits per heavy atom. The van der Waals surface area contributed by atoms with Crippen LogP contribution in [-0.4, -0.2) is 44.4 Å². The largest absolute Gasteiger partial charge is 1.00 e. The molecule has 0 bridgehead atoms. The zero-order valence-electron chi connectivity index (χ0n) is 23.4. The monoisotopic (exact) mass is 688 g/mol. The smallest absolute Gasteiger partial charge is 0.414 e. The van der Waals surface area contributed by atoms with Crippen LogP contribution in [-0.2, 0) is 16.0 Å². The summed E-state index contributed by atoms with van der Waals surface area (Å²) in [7, 11) is 0. The molecule has 0 atom stereocenters. The van der Waals surface area contributed by atoms with Crippen LogP contribution in [0, 0.1) is 0 Å². The van der Waals surface area contributed by atoms with Gasteiger partial charge >= 0.3 is 12.2 Å². The van der Waals surface area contributed by atoms with E-state index in [9.17, 15) is 14.4 Å². The Labute approximate surface area is 269 Å². The topological polar surface area (TPSA) is 101 Å². The molecule has 12 heteroatoms. The van der Waals surface area contributed by atoms with Crippen LogP contribution in [0.25, 0.3) is 10.8 Å². The number of halogens is 3. The van der Waals surface area contributed by atoms with Crippen LogP contribution in [0.1, 0.15) is 23.7 Å². The molecule has 3 amide bonds. The summed E-state index contributed by atoms with van der Waals surface area (Å²) in [5, 5.41) is 7.82. The molecule has 0 radical (unpaired) electrons. The fourth-order valence-electron chi connectivity index (χ4n) is 4.27. The third kappa shape index (κ3) is 9.84. The van der Waals surface area contributed by atoms with E-state index in [0.717, 1.165) is 28.2 Å². The van der Waals surface area contributed by atoms with Crippen LogP contribution < -0.4 is 32.5 Å². The summed E-state index contributed by atoms with van der Waals surface area (Å²) in [6.45, 7) is 2.80. The van der Waals surface area contributed by atoms with E-state index in [0.29, 0.717) is 22.0 Å². The lowest BCUT2D eigenvalue weighted by molar-refractivity contribution is -0.697. The summed E-state index contributed by atoms with van der Waals surface area (Å²) in [6.07, 6.45) is 3.28. The van der Waals surface area contributed by atoms with Gasteiger partial charge in [0.15, 0.2) is 12.4 Å². The van der Waals surface area contributed by atoms with Crippen molar-refractivity contribution in [2.24, 2.45) is 0 Å². The average Bonchev–Trinajstić information content (AvgIpc) is 2.97. The molecule has 226 valence electrons. The molecule has 3 aromatic carbocycles. The second-order valence-corrected chi connectivity index (χ2v) is 10.6. The van der Waals surface area contributed by atoms with Gasteiger partial charge in [-0.2, -0.15) is 0 Å². The fourth-order valence-corrected chi connectivity index (χ4v) is 4.97. The Kier molecular flexibility index (Phi) is 13.1. The molecule has 0 spiro atoms. The van der Waals surface area contributed by atoms with Gasteiger partial charge in [-0.1, -0.05) is 61.0 Å². The predicted octanol–water partition coefficient (Wildman–Crippen LogP) is 3.58. The van der Waals surface area contributed by atoms with Gasteiger partial charge in [-0.15, -0.1) is 0 Å². The van der Waals surface area contributed by atoms with Crippen molar-refractivity contribution in [1.82, 2.24) is 5.32 Å². The van der Waals surface area contributed by atoms with Crippen LogP contribution >= 0.6 is 27.5 Å². The Balaban J connectivity index is 0.00000506. The zero-order chi connectivity index (χ0) is 29.9. The molecule has 0 aliphatic heterocycles. The number of aryl methyl sites for hydroxylation is 1. The maximum Gasteiger partial charge on any atom is 0.414 e. The van der Waals surface area contributed by atoms with Crippen LogP contribution in [0.15, 0.2) is 89.7 Å². The highest BCUT2D eigenvalue weighted by Crippen LogP contribution is 2.23. The van der Waals surface area contributed by atoms with Crippen LogP contribution in [0.3, 0.4) is 0 Å². The van der Waals surface area contributed by atoms with Crippen LogP contribution in [0.5, 0.6) is 0 Å². The maximum absolute atomic E-state index is 13.0. The summed E-state index contributed by atoms with van der Waals surface area (Å²) in [5.74, 6) is -0.283. The molecule has 0 saturated carbocycles. The van der Waals surface area contributed by atoms with E-state index >= 15 is 0 Å². The molecule has 0 fully saturated rings. The standard InChI is InChI=1S/C31H30BrClN4O5.ClH/c1-2-14-36-20-23(18-24(32)21-36)29(38)34-13-16-42-31(40)37(26-10-6-9-25(33)19-26)15-17-41-30(39)35-28-12-5-8-22-7-3-4-11-27(22)28;/h3-12,18-21H,2,13-17H2,1H3,(H-,34,35,38,39);1H. The molecule has 0 unspecified atom stereocenters. The first kappa shape index (κ1) is 33.6. The molecule has 0 saturated heterocycles. The van der Waals surface area contributed by atoms with Crippen molar-refractivity contribution in [2.45, 2.75) is 19.9 Å². The first-order valence-corrected chi connectivity index (χ1v) is 14.6. The lowest BCUT2D eigenvalue weighted by atomic mass is 10.1. The summed E-state index contributed by atoms with van der Waals surface area (Å²) in [4.78, 5) is 39.5. The molecule has 0 aliphatic carbocycles. The highest BCUT2D eigenvalue weighted by molar-refractivity contribution is 9.10. The number of hydrogen-bond acceptors (Lipinski definition) is 5. The van der Waals surface area contributed by atoms with Gasteiger partial charge in [0.2, 0.25) is 0 Å². The average molecular weight is 690 g/mol. The maximum atomic E-state index is 13.0. The second-order valence-electron chi connectivity index (χ2n) is 9.27. The minimum Gasteiger partial charge on any atom is -1.00 e. The van der Waals surface area contributed by atoms with Gasteiger partial charge in [0, 0.05) is 22.5 Å². The molecule has 4 aromatic rings. The van der Waals surface area contributed by atoms with E-state index in [-0.39, 0.29) is 44.6 Å². The van der Waals surface area contributed by atoms with Crippen molar-refractivity contribution < 1.29 is 40.8 Å². The number of ether oxygens (including phenoxy) is 2. The van der Waals surface area contributed by atoms with Crippen molar-refractivity contribution >= 4 is 67.8 Å². The number of nitrogens with one attached hydrogen (secondary N) is 2. The van der Waals surface area contributed by atoms with Crippen molar-refractivity contribution in [1.29, 1.82) is 0 Å². The lowest BCUT2D eigenvalue weighted by Gasteiger charge is -2.22. The quantitative estimate of drug-likeness (QED) is 0.185. The van der Waals surface area contributed by atoms with Gasteiger partial charge in [0.1, 0.15) is 25.3 Å². The number of anilines is 2. The molecular weight excluding hydrogens is 659 g/mol. The number of carbonyl (C=O) groups excluding carboxylic acids is 3. The Morgan fingerprint density at radius 1 is 0.953 bits per heavy atom. The van der Waals surface area contributed by atoms with Gasteiger partial charge in [-0.3, -0.25) is 15.0 Å². The van der Waals surface area contributed by atoms with Gasteiger partial charge in [-0.05, 0) is 51.6 Å². The van der Waals surface area contributed by atoms with Gasteiger partial charge in [-0.25, -0.2) is 14.2 Å². The van der Waals surface area contributed by atoms with Gasteiger partial charge < -0.3 is 27.2 Å². The number of rotatable bonds is 11. The summed E-state index contributed by atoms with van der Waals surface area (Å²) < 4.78 is 13.5. The Bertz CT molecular complexity index is 1570. The number of aromatic nitrogens is 1. The molecule has 43 heavy (non-hydrogen) atoms. The van der Waals surface area contributed by atoms with E-state index in [1.807, 2.05) is 47.2 Å². The minimum atomic E-state index is -0.673. The predicted molar refractivity (Wildman–Crippen MR) is 166 cm³/mol. The molecule has 9 nitrogen and oxygen atoms in total. The second kappa shape index (κ2) is 16.7. The molecule has 2 N–H and O–H groups in total. The number of nitrogens with zero attached hydrogens (tertiary/aromatic N) is 2. The molecule has 4 rings (SSSR count). The number of amides is 3. The number of hydrogen-bond donors (Lipinski definition) is 2. The summed E-state index contributed by atoms with van der Waals surface area (Å²) >= 11 is 9.58. The molecule has 0 aliphatic rings. The molecule has 1 aromatic heterocycles. The van der Waals surface area contributed by atoms with Gasteiger partial charge in [0.25, 0.3) is 5.91 Å². The van der Waals surface area contributed by atoms with E-state index in [4.69, 9.17) is 21.1 Å². The summed E-state index contributed by atoms with van der Waals surface area (Å²) in [5.41, 5.74) is 1.59. The highest BCUT2D eigenvalue weighted by atomic mass is 79.9. The Morgan fingerprint density at radius 3 is 2.51 bits per heavy atom. The fraction of sp³-hybridized carbons (Fsp3) is 0.226. The zero-order valence-corrected chi connectivity index (χ0v) is 26.5. The highest BCUT2D eigenvalue weighted by Gasteiger charge is 2.19. The molecule has 1 heterocycles. The lowest BCUT2D eigenvalue weighted by Crippen LogP contribution is -3.00. The van der Waals surface area contributed by atoms with E-state index in [1.165, 1.54) is 4.90 Å². The first-order chi connectivity index (χ1) is 20.3. The van der Waals surface area contributed by atoms with Crippen LogP contribution in [0.2, 0.25) is 5.02 Å². The van der Waals surface area contributed by atoms with Crippen molar-refractivity contribution in [3.8, 4) is 0 Å². The van der Waals surface area contributed by atoms with Crippen molar-refractivity contribution in [2.75, 3.05) is 36.5 Å². The van der Waals surface area contributed by atoms with Crippen molar-refractivity contribution in [3.05, 3.63) is 100 Å². The normalized spacial score (nSPS) is 10.4.